The van der Waals surface area contributed by atoms with Gasteiger partial charge in [0.25, 0.3) is 0 Å². The van der Waals surface area contributed by atoms with E-state index in [1.807, 2.05) is 0 Å². The molecule has 2 heteroatoms. The van der Waals surface area contributed by atoms with Crippen LogP contribution in [0.3, 0.4) is 0 Å². The summed E-state index contributed by atoms with van der Waals surface area (Å²) in [6.45, 7) is 0. The van der Waals surface area contributed by atoms with Gasteiger partial charge in [0.15, 0.2) is 0 Å². The number of fused-ring (bicyclic) bond motifs is 2. The molecule has 4 rings (SSSR count). The Bertz CT molecular complexity index is 698. The van der Waals surface area contributed by atoms with Gasteiger partial charge in [0.05, 0.1) is 0 Å². The molecule has 2 heterocycles. The van der Waals surface area contributed by atoms with Crippen LogP contribution in [0.15, 0.2) is 60.7 Å². The Balaban J connectivity index is 1.95. The summed E-state index contributed by atoms with van der Waals surface area (Å²) >= 11 is 1.01. The fourth-order valence-corrected chi connectivity index (χ4v) is 7.20. The first-order valence-corrected chi connectivity index (χ1v) is 9.30. The molecule has 0 saturated heterocycles. The summed E-state index contributed by atoms with van der Waals surface area (Å²) in [7, 11) is 0. The Kier molecular flexibility index (Phi) is 2.57. The third-order valence-electron chi connectivity index (χ3n) is 3.09. The van der Waals surface area contributed by atoms with E-state index >= 15 is 0 Å². The molecular formula is C16H10Se2. The van der Waals surface area contributed by atoms with Crippen LogP contribution in [-0.2, 0) is 0 Å². The average molecular weight is 360 g/mol. The Labute approximate surface area is 117 Å². The first-order chi connectivity index (χ1) is 8.90. The molecule has 0 aliphatic carbocycles. The zero-order chi connectivity index (χ0) is 11.9. The van der Waals surface area contributed by atoms with E-state index in [0.717, 1.165) is 0 Å². The molecule has 2 aromatic heterocycles. The van der Waals surface area contributed by atoms with E-state index in [0.29, 0.717) is 29.0 Å². The van der Waals surface area contributed by atoms with Crippen LogP contribution in [0.5, 0.6) is 0 Å². The third kappa shape index (κ3) is 1.74. The molecule has 0 bridgehead atoms. The topological polar surface area (TPSA) is 0 Å². The third-order valence-corrected chi connectivity index (χ3v) is 8.57. The molecular weight excluding hydrogens is 350 g/mol. The second-order valence-corrected chi connectivity index (χ2v) is 8.84. The fraction of sp³-hybridized carbons (Fsp3) is 0. The number of hydrogen-bond donors (Lipinski definition) is 0. The molecule has 2 aromatic carbocycles. The monoisotopic (exact) mass is 362 g/mol. The van der Waals surface area contributed by atoms with Crippen LogP contribution in [0.4, 0.5) is 0 Å². The number of hydrogen-bond acceptors (Lipinski definition) is 0. The average Bonchev–Trinajstić information content (AvgIpc) is 3.02. The normalized spacial score (nSPS) is 11.3. The van der Waals surface area contributed by atoms with Crippen LogP contribution in [0.25, 0.3) is 28.2 Å². The van der Waals surface area contributed by atoms with Crippen molar-refractivity contribution in [3.63, 3.8) is 0 Å². The number of benzene rings is 2. The molecule has 0 amide bonds. The predicted octanol–water partition coefficient (Wildman–Crippen LogP) is 3.77. The van der Waals surface area contributed by atoms with Gasteiger partial charge in [-0.15, -0.1) is 0 Å². The Morgan fingerprint density at radius 3 is 1.44 bits per heavy atom. The second-order valence-electron chi connectivity index (χ2n) is 4.30. The molecule has 0 nitrogen and oxygen atoms in total. The number of rotatable bonds is 1. The molecule has 86 valence electrons. The van der Waals surface area contributed by atoms with Crippen molar-refractivity contribution < 1.29 is 0 Å². The quantitative estimate of drug-likeness (QED) is 0.454. The van der Waals surface area contributed by atoms with Gasteiger partial charge in [0.1, 0.15) is 0 Å². The van der Waals surface area contributed by atoms with Crippen molar-refractivity contribution in [3.05, 3.63) is 60.7 Å². The van der Waals surface area contributed by atoms with E-state index in [-0.39, 0.29) is 0 Å². The summed E-state index contributed by atoms with van der Waals surface area (Å²) in [5, 5.41) is 2.86. The van der Waals surface area contributed by atoms with Gasteiger partial charge in [0, 0.05) is 0 Å². The van der Waals surface area contributed by atoms with Crippen molar-refractivity contribution in [1.29, 1.82) is 0 Å². The van der Waals surface area contributed by atoms with Gasteiger partial charge < -0.3 is 0 Å². The van der Waals surface area contributed by atoms with Crippen LogP contribution in [-0.4, -0.2) is 29.0 Å². The molecule has 18 heavy (non-hydrogen) atoms. The van der Waals surface area contributed by atoms with Crippen LogP contribution in [0.2, 0.25) is 0 Å². The van der Waals surface area contributed by atoms with E-state index in [4.69, 9.17) is 0 Å². The molecule has 0 radical (unpaired) electrons. The molecule has 0 atom stereocenters. The van der Waals surface area contributed by atoms with Crippen LogP contribution < -0.4 is 0 Å². The van der Waals surface area contributed by atoms with Gasteiger partial charge in [-0.25, -0.2) is 0 Å². The molecule has 0 aliphatic heterocycles. The van der Waals surface area contributed by atoms with Crippen LogP contribution in [0.1, 0.15) is 0 Å². The van der Waals surface area contributed by atoms with Gasteiger partial charge in [-0.3, -0.25) is 0 Å². The maximum atomic E-state index is 2.40. The minimum absolute atomic E-state index is 0.506. The SMILES string of the molecule is c1ccc2[se]c(-c3cc4ccccc4[se]3)cc2c1. The summed E-state index contributed by atoms with van der Waals surface area (Å²) in [5.41, 5.74) is 0. The second kappa shape index (κ2) is 4.26. The van der Waals surface area contributed by atoms with Crippen molar-refractivity contribution >= 4 is 48.3 Å². The van der Waals surface area contributed by atoms with Gasteiger partial charge in [-0.05, 0) is 0 Å². The van der Waals surface area contributed by atoms with Crippen LogP contribution in [0, 0.1) is 0 Å². The Morgan fingerprint density at radius 1 is 0.556 bits per heavy atom. The molecule has 0 unspecified atom stereocenters. The molecule has 0 spiro atoms. The molecule has 0 aliphatic rings. The Hall–Kier alpha value is -1.04. The standard InChI is InChI=1S/C16H10Se2/c1-3-7-13-11(5-1)9-15(17-13)16-10-12-6-2-4-8-14(12)18-16/h1-10H. The van der Waals surface area contributed by atoms with E-state index in [9.17, 15) is 0 Å². The first-order valence-electron chi connectivity index (χ1n) is 5.88. The van der Waals surface area contributed by atoms with Crippen molar-refractivity contribution in [2.24, 2.45) is 0 Å². The molecule has 0 fully saturated rings. The van der Waals surface area contributed by atoms with Gasteiger partial charge in [0.2, 0.25) is 0 Å². The van der Waals surface area contributed by atoms with E-state index in [2.05, 4.69) is 60.7 Å². The van der Waals surface area contributed by atoms with Gasteiger partial charge in [-0.1, -0.05) is 0 Å². The fourth-order valence-electron chi connectivity index (χ4n) is 2.21. The zero-order valence-electron chi connectivity index (χ0n) is 9.59. The van der Waals surface area contributed by atoms with Crippen molar-refractivity contribution in [2.45, 2.75) is 0 Å². The summed E-state index contributed by atoms with van der Waals surface area (Å²) in [6.07, 6.45) is 0. The van der Waals surface area contributed by atoms with Crippen LogP contribution >= 0.6 is 0 Å². The van der Waals surface area contributed by atoms with E-state index in [1.54, 1.807) is 8.87 Å². The minimum atomic E-state index is 0.506. The predicted molar refractivity (Wildman–Crippen MR) is 80.8 cm³/mol. The summed E-state index contributed by atoms with van der Waals surface area (Å²) in [5.74, 6) is 0. The molecule has 4 aromatic rings. The van der Waals surface area contributed by atoms with Crippen molar-refractivity contribution in [2.75, 3.05) is 0 Å². The first kappa shape index (κ1) is 10.8. The summed E-state index contributed by atoms with van der Waals surface area (Å²) in [6, 6.07) is 22.4. The van der Waals surface area contributed by atoms with Gasteiger partial charge >= 0.3 is 118 Å². The molecule has 0 N–H and O–H groups in total. The zero-order valence-corrected chi connectivity index (χ0v) is 13.0. The Morgan fingerprint density at radius 2 is 1.00 bits per heavy atom. The summed E-state index contributed by atoms with van der Waals surface area (Å²) < 4.78 is 6.24. The van der Waals surface area contributed by atoms with E-state index < -0.39 is 0 Å². The maximum absolute atomic E-state index is 2.40. The van der Waals surface area contributed by atoms with Crippen molar-refractivity contribution in [1.82, 2.24) is 0 Å². The van der Waals surface area contributed by atoms with E-state index in [1.165, 1.54) is 19.3 Å². The summed E-state index contributed by atoms with van der Waals surface area (Å²) in [4.78, 5) is 0. The van der Waals surface area contributed by atoms with Crippen molar-refractivity contribution in [3.8, 4) is 8.87 Å². The van der Waals surface area contributed by atoms with Gasteiger partial charge in [-0.2, -0.15) is 0 Å². The molecule has 0 saturated carbocycles.